The number of benzene rings is 1. The molecule has 1 aromatic carbocycles. The minimum atomic E-state index is 0. The lowest BCUT2D eigenvalue weighted by atomic mass is 10.2. The largest absolute Gasteiger partial charge is 0.412 e. The van der Waals surface area contributed by atoms with Gasteiger partial charge in [0.1, 0.15) is 0 Å². The summed E-state index contributed by atoms with van der Waals surface area (Å²) in [5.41, 5.74) is 1.41. The molecule has 6 N–H and O–H groups in total. The van der Waals surface area contributed by atoms with Gasteiger partial charge in [0, 0.05) is 0 Å². The lowest BCUT2D eigenvalue weighted by Gasteiger charge is -1.89. The molecule has 0 saturated carbocycles. The molecule has 0 radical (unpaired) electrons. The Hall–Kier alpha value is -0.980. The summed E-state index contributed by atoms with van der Waals surface area (Å²) < 4.78 is 0. The molecule has 0 amide bonds. The van der Waals surface area contributed by atoms with Crippen molar-refractivity contribution in [2.45, 2.75) is 13.3 Å². The summed E-state index contributed by atoms with van der Waals surface area (Å²) in [6.07, 6.45) is 1.14. The van der Waals surface area contributed by atoms with Crippen LogP contribution in [0.2, 0.25) is 0 Å². The first-order valence-electron chi connectivity index (χ1n) is 3.37. The first-order chi connectivity index (χ1) is 5.93. The van der Waals surface area contributed by atoms with E-state index in [0.717, 1.165) is 6.42 Å². The normalized spacial score (nSPS) is 6.54. The molecule has 0 unspecified atom stereocenters. The fraction of sp³-hybridized carbons (Fsp3) is 0.250. The minimum Gasteiger partial charge on any atom is -0.412 e. The molecule has 0 aliphatic rings. The molecule has 0 aliphatic carbocycles. The van der Waals surface area contributed by atoms with Crippen LogP contribution in [0.5, 0.6) is 0 Å². The fourth-order valence-corrected chi connectivity index (χ4v) is 0.714. The molecule has 5 nitrogen and oxygen atoms in total. The summed E-state index contributed by atoms with van der Waals surface area (Å²) in [4.78, 5) is 0. The van der Waals surface area contributed by atoms with Crippen molar-refractivity contribution in [1.29, 1.82) is 0 Å². The van der Waals surface area contributed by atoms with Crippen LogP contribution in [0, 0.1) is 0 Å². The van der Waals surface area contributed by atoms with Crippen molar-refractivity contribution in [3.05, 3.63) is 35.9 Å². The Kier molecular flexibility index (Phi) is 23.7. The van der Waals surface area contributed by atoms with Gasteiger partial charge in [-0.05, 0) is 12.0 Å². The van der Waals surface area contributed by atoms with Crippen molar-refractivity contribution in [2.75, 3.05) is 0 Å². The van der Waals surface area contributed by atoms with E-state index in [1.807, 2.05) is 6.07 Å². The maximum absolute atomic E-state index is 6.00. The minimum absolute atomic E-state index is 0. The Bertz CT molecular complexity index is 154. The molecule has 5 heteroatoms. The van der Waals surface area contributed by atoms with Gasteiger partial charge in [0.25, 0.3) is 0 Å². The topological polar surface area (TPSA) is 112 Å². The van der Waals surface area contributed by atoms with Crippen molar-refractivity contribution < 1.29 is 26.5 Å². The molecule has 0 spiro atoms. The highest BCUT2D eigenvalue weighted by atomic mass is 17.0. The van der Waals surface area contributed by atoms with E-state index in [1.54, 1.807) is 0 Å². The molecule has 0 saturated heterocycles. The van der Waals surface area contributed by atoms with Crippen molar-refractivity contribution in [3.8, 4) is 0 Å². The molecule has 0 heterocycles. The highest BCUT2D eigenvalue weighted by Gasteiger charge is 1.79. The van der Waals surface area contributed by atoms with E-state index in [2.05, 4.69) is 31.2 Å². The van der Waals surface area contributed by atoms with Crippen LogP contribution in [0.25, 0.3) is 0 Å². The second kappa shape index (κ2) is 17.2. The third-order valence-electron chi connectivity index (χ3n) is 1.25. The van der Waals surface area contributed by atoms with Crippen LogP contribution in [-0.4, -0.2) is 26.5 Å². The highest BCUT2D eigenvalue weighted by molar-refractivity contribution is 5.13. The molecular weight excluding hydrogens is 176 g/mol. The van der Waals surface area contributed by atoms with E-state index in [0.29, 0.717) is 0 Å². The highest BCUT2D eigenvalue weighted by Crippen LogP contribution is 1.96. The Balaban J connectivity index is -0.000000178. The zero-order chi connectivity index (χ0) is 9.82. The zero-order valence-electron chi connectivity index (χ0n) is 7.38. The third-order valence-corrected chi connectivity index (χ3v) is 1.25. The number of aryl methyl sites for hydroxylation is 1. The average molecular weight is 192 g/mol. The molecule has 0 aromatic heterocycles. The first kappa shape index (κ1) is 17.9. The number of rotatable bonds is 1. The van der Waals surface area contributed by atoms with Gasteiger partial charge in [-0.2, -0.15) is 0 Å². The van der Waals surface area contributed by atoms with Gasteiger partial charge in [0.15, 0.2) is 0 Å². The molecule has 0 aliphatic heterocycles. The van der Waals surface area contributed by atoms with Crippen LogP contribution in [0.4, 0.5) is 0 Å². The molecule has 78 valence electrons. The van der Waals surface area contributed by atoms with E-state index >= 15 is 0 Å². The van der Waals surface area contributed by atoms with Gasteiger partial charge in [0.2, 0.25) is 0 Å². The summed E-state index contributed by atoms with van der Waals surface area (Å²) in [5.74, 6) is 0. The predicted octanol–water partition coefficient (Wildman–Crippen LogP) is 1.46. The van der Waals surface area contributed by atoms with Crippen LogP contribution in [0.1, 0.15) is 12.5 Å². The zero-order valence-corrected chi connectivity index (χ0v) is 7.38. The summed E-state index contributed by atoms with van der Waals surface area (Å²) in [5, 5.41) is 24.0. The van der Waals surface area contributed by atoms with E-state index in [-0.39, 0.29) is 5.48 Å². The SMILES string of the molecule is CCc1ccccc1.O.OO.OO. The van der Waals surface area contributed by atoms with Crippen LogP contribution in [0.15, 0.2) is 30.3 Å². The summed E-state index contributed by atoms with van der Waals surface area (Å²) >= 11 is 0. The predicted molar refractivity (Wildman–Crippen MR) is 49.9 cm³/mol. The smallest absolute Gasteiger partial charge is 0.0307 e. The van der Waals surface area contributed by atoms with Gasteiger partial charge >= 0.3 is 0 Å². The molecule has 13 heavy (non-hydrogen) atoms. The molecule has 0 atom stereocenters. The lowest BCUT2D eigenvalue weighted by molar-refractivity contribution is -0.176. The van der Waals surface area contributed by atoms with Crippen LogP contribution in [-0.2, 0) is 6.42 Å². The maximum Gasteiger partial charge on any atom is -0.0307 e. The van der Waals surface area contributed by atoms with Crippen molar-refractivity contribution >= 4 is 0 Å². The summed E-state index contributed by atoms with van der Waals surface area (Å²) in [6, 6.07) is 10.5. The van der Waals surface area contributed by atoms with E-state index in [9.17, 15) is 0 Å². The second-order valence-electron chi connectivity index (χ2n) is 1.84. The van der Waals surface area contributed by atoms with Gasteiger partial charge < -0.3 is 5.48 Å². The van der Waals surface area contributed by atoms with Gasteiger partial charge in [-0.15, -0.1) is 0 Å². The average Bonchev–Trinajstić information content (AvgIpc) is 2.25. The van der Waals surface area contributed by atoms with E-state index in [1.165, 1.54) is 5.56 Å². The number of hydrogen-bond acceptors (Lipinski definition) is 4. The first-order valence-corrected chi connectivity index (χ1v) is 3.37. The molecule has 0 bridgehead atoms. The van der Waals surface area contributed by atoms with Gasteiger partial charge in [0.05, 0.1) is 0 Å². The number of hydrogen-bond donors (Lipinski definition) is 4. The Labute approximate surface area is 76.7 Å². The van der Waals surface area contributed by atoms with Crippen LogP contribution >= 0.6 is 0 Å². The summed E-state index contributed by atoms with van der Waals surface area (Å²) in [6.45, 7) is 2.16. The maximum atomic E-state index is 6.00. The van der Waals surface area contributed by atoms with Crippen molar-refractivity contribution in [3.63, 3.8) is 0 Å². The van der Waals surface area contributed by atoms with Crippen LogP contribution in [0.3, 0.4) is 0 Å². The van der Waals surface area contributed by atoms with Gasteiger partial charge in [-0.3, -0.25) is 21.0 Å². The Morgan fingerprint density at radius 2 is 1.31 bits per heavy atom. The van der Waals surface area contributed by atoms with Gasteiger partial charge in [-0.25, -0.2) is 0 Å². The van der Waals surface area contributed by atoms with Crippen molar-refractivity contribution in [2.24, 2.45) is 0 Å². The third kappa shape index (κ3) is 11.0. The fourth-order valence-electron chi connectivity index (χ4n) is 0.714. The Morgan fingerprint density at radius 1 is 0.923 bits per heavy atom. The standard InChI is InChI=1S/C8H10.2H2O2.H2O/c1-2-8-6-4-3-5-7-8;2*1-2;/h3-7H,2H2,1H3;2*1-2H;1H2. The van der Waals surface area contributed by atoms with Crippen molar-refractivity contribution in [1.82, 2.24) is 0 Å². The molecule has 1 rings (SSSR count). The van der Waals surface area contributed by atoms with E-state index < -0.39 is 0 Å². The van der Waals surface area contributed by atoms with Gasteiger partial charge in [-0.1, -0.05) is 37.3 Å². The quantitative estimate of drug-likeness (QED) is 0.398. The molecule has 1 aromatic rings. The lowest BCUT2D eigenvalue weighted by Crippen LogP contribution is -1.73. The monoisotopic (exact) mass is 192 g/mol. The Morgan fingerprint density at radius 3 is 1.54 bits per heavy atom. The molecule has 0 fully saturated rings. The molecular formula is C8H16O5. The summed E-state index contributed by atoms with van der Waals surface area (Å²) in [7, 11) is 0. The van der Waals surface area contributed by atoms with Crippen LogP contribution < -0.4 is 0 Å². The second-order valence-corrected chi connectivity index (χ2v) is 1.84. The van der Waals surface area contributed by atoms with E-state index in [4.69, 9.17) is 21.0 Å².